The highest BCUT2D eigenvalue weighted by molar-refractivity contribution is 5.97. The number of alkyl carbamates (subject to hydrolysis) is 1. The van der Waals surface area contributed by atoms with Gasteiger partial charge in [-0.25, -0.2) is 9.59 Å². The van der Waals surface area contributed by atoms with Gasteiger partial charge in [0.15, 0.2) is 0 Å². The number of methoxy groups -OCH3 is 1. The monoisotopic (exact) mass is 364 g/mol. The highest BCUT2D eigenvalue weighted by Crippen LogP contribution is 2.23. The van der Waals surface area contributed by atoms with Gasteiger partial charge in [0, 0.05) is 31.7 Å². The van der Waals surface area contributed by atoms with Crippen LogP contribution in [0.15, 0.2) is 24.3 Å². The van der Waals surface area contributed by atoms with E-state index in [2.05, 4.69) is 15.0 Å². The van der Waals surface area contributed by atoms with Gasteiger partial charge < -0.3 is 24.9 Å². The second-order valence-corrected chi connectivity index (χ2v) is 6.77. The van der Waals surface area contributed by atoms with Crippen molar-refractivity contribution in [3.8, 4) is 0 Å². The molecule has 0 bridgehead atoms. The van der Waals surface area contributed by atoms with Gasteiger partial charge in [0.2, 0.25) is 0 Å². The molecule has 1 aromatic heterocycles. The van der Waals surface area contributed by atoms with E-state index in [1.54, 1.807) is 35.0 Å². The SMILES string of the molecule is CC(C)(C)OC(=O)NCCCc1c(C(=O)O)[nH]c2ccccc12.COC. The molecule has 26 heavy (non-hydrogen) atoms. The Morgan fingerprint density at radius 1 is 1.19 bits per heavy atom. The Balaban J connectivity index is 0.00000105. The van der Waals surface area contributed by atoms with E-state index in [-0.39, 0.29) is 5.69 Å². The molecule has 0 saturated heterocycles. The average molecular weight is 364 g/mol. The largest absolute Gasteiger partial charge is 0.477 e. The molecular formula is C19H28N2O5. The lowest BCUT2D eigenvalue weighted by atomic mass is 10.1. The van der Waals surface area contributed by atoms with E-state index in [9.17, 15) is 14.7 Å². The minimum absolute atomic E-state index is 0.212. The average Bonchev–Trinajstić information content (AvgIpc) is 2.90. The van der Waals surface area contributed by atoms with Crippen molar-refractivity contribution < 1.29 is 24.2 Å². The lowest BCUT2D eigenvalue weighted by molar-refractivity contribution is 0.0526. The summed E-state index contributed by atoms with van der Waals surface area (Å²) in [4.78, 5) is 25.9. The molecule has 3 N–H and O–H groups in total. The number of aromatic nitrogens is 1. The zero-order valence-electron chi connectivity index (χ0n) is 16.0. The van der Waals surface area contributed by atoms with E-state index in [4.69, 9.17) is 4.74 Å². The molecule has 7 heteroatoms. The highest BCUT2D eigenvalue weighted by Gasteiger charge is 2.17. The van der Waals surface area contributed by atoms with Crippen molar-refractivity contribution in [3.63, 3.8) is 0 Å². The van der Waals surface area contributed by atoms with Crippen LogP contribution in [0, 0.1) is 0 Å². The number of nitrogens with one attached hydrogen (secondary N) is 2. The zero-order valence-corrected chi connectivity index (χ0v) is 16.0. The number of amides is 1. The number of ether oxygens (including phenoxy) is 2. The minimum atomic E-state index is -0.976. The summed E-state index contributed by atoms with van der Waals surface area (Å²) in [6, 6.07) is 7.49. The first-order valence-electron chi connectivity index (χ1n) is 8.39. The number of fused-ring (bicyclic) bond motifs is 1. The summed E-state index contributed by atoms with van der Waals surface area (Å²) in [6.07, 6.45) is 0.720. The fraction of sp³-hybridized carbons (Fsp3) is 0.474. The molecular weight excluding hydrogens is 336 g/mol. The molecule has 144 valence electrons. The maximum Gasteiger partial charge on any atom is 0.407 e. The Morgan fingerprint density at radius 2 is 1.81 bits per heavy atom. The molecule has 0 unspecified atom stereocenters. The summed E-state index contributed by atoms with van der Waals surface area (Å²) in [5.41, 5.74) is 1.25. The molecule has 1 aromatic carbocycles. The zero-order chi connectivity index (χ0) is 19.7. The Labute approximate surface area is 153 Å². The third-order valence-corrected chi connectivity index (χ3v) is 3.30. The van der Waals surface area contributed by atoms with Crippen LogP contribution in [0.3, 0.4) is 0 Å². The van der Waals surface area contributed by atoms with E-state index < -0.39 is 17.7 Å². The first kappa shape index (κ1) is 21.5. The Bertz CT molecular complexity index is 731. The molecule has 0 aliphatic heterocycles. The number of aromatic amines is 1. The molecule has 0 aliphatic carbocycles. The number of carbonyl (C=O) groups is 2. The number of hydrogen-bond donors (Lipinski definition) is 3. The van der Waals surface area contributed by atoms with Gasteiger partial charge in [0.25, 0.3) is 0 Å². The van der Waals surface area contributed by atoms with Gasteiger partial charge >= 0.3 is 12.1 Å². The predicted octanol–water partition coefficient (Wildman–Crippen LogP) is 3.59. The van der Waals surface area contributed by atoms with Crippen LogP contribution in [0.4, 0.5) is 4.79 Å². The second-order valence-electron chi connectivity index (χ2n) is 6.77. The van der Waals surface area contributed by atoms with E-state index in [0.29, 0.717) is 19.4 Å². The lowest BCUT2D eigenvalue weighted by Gasteiger charge is -2.19. The molecule has 0 saturated carbocycles. The van der Waals surface area contributed by atoms with E-state index in [1.165, 1.54) is 0 Å². The van der Waals surface area contributed by atoms with Gasteiger partial charge in [-0.15, -0.1) is 0 Å². The van der Waals surface area contributed by atoms with Crippen LogP contribution >= 0.6 is 0 Å². The molecule has 0 spiro atoms. The fourth-order valence-electron chi connectivity index (χ4n) is 2.41. The third kappa shape index (κ3) is 6.76. The number of aromatic carboxylic acids is 1. The quantitative estimate of drug-likeness (QED) is 0.704. The summed E-state index contributed by atoms with van der Waals surface area (Å²) in [7, 11) is 3.25. The first-order valence-corrected chi connectivity index (χ1v) is 8.39. The van der Waals surface area contributed by atoms with Crippen LogP contribution in [0.25, 0.3) is 10.9 Å². The topological polar surface area (TPSA) is 101 Å². The van der Waals surface area contributed by atoms with Crippen LogP contribution in [-0.4, -0.2) is 48.5 Å². The Kier molecular flexibility index (Phi) is 8.12. The maximum absolute atomic E-state index is 11.6. The van der Waals surface area contributed by atoms with Gasteiger partial charge in [0.1, 0.15) is 11.3 Å². The minimum Gasteiger partial charge on any atom is -0.477 e. The van der Waals surface area contributed by atoms with Gasteiger partial charge in [0.05, 0.1) is 0 Å². The van der Waals surface area contributed by atoms with Crippen LogP contribution < -0.4 is 5.32 Å². The van der Waals surface area contributed by atoms with Gasteiger partial charge in [-0.2, -0.15) is 0 Å². The number of carboxylic acid groups (broad SMARTS) is 1. The number of aryl methyl sites for hydroxylation is 1. The number of para-hydroxylation sites is 1. The molecule has 2 aromatic rings. The van der Waals surface area contributed by atoms with Gasteiger partial charge in [-0.3, -0.25) is 0 Å². The van der Waals surface area contributed by atoms with Crippen molar-refractivity contribution in [1.82, 2.24) is 10.3 Å². The Morgan fingerprint density at radius 3 is 2.38 bits per heavy atom. The fourth-order valence-corrected chi connectivity index (χ4v) is 2.41. The number of carbonyl (C=O) groups excluding carboxylic acids is 1. The maximum atomic E-state index is 11.6. The van der Waals surface area contributed by atoms with E-state index in [0.717, 1.165) is 16.5 Å². The molecule has 0 aliphatic rings. The molecule has 0 atom stereocenters. The highest BCUT2D eigenvalue weighted by atomic mass is 16.6. The number of rotatable bonds is 5. The van der Waals surface area contributed by atoms with Gasteiger partial charge in [-0.05, 0) is 45.2 Å². The second kappa shape index (κ2) is 9.82. The van der Waals surface area contributed by atoms with Crippen LogP contribution in [0.5, 0.6) is 0 Å². The summed E-state index contributed by atoms with van der Waals surface area (Å²) in [5, 5.41) is 12.9. The molecule has 7 nitrogen and oxygen atoms in total. The van der Waals surface area contributed by atoms with Crippen LogP contribution in [0.2, 0.25) is 0 Å². The summed E-state index contributed by atoms with van der Waals surface area (Å²) >= 11 is 0. The molecule has 0 radical (unpaired) electrons. The van der Waals surface area contributed by atoms with Crippen molar-refractivity contribution in [3.05, 3.63) is 35.5 Å². The van der Waals surface area contributed by atoms with E-state index >= 15 is 0 Å². The number of carboxylic acids is 1. The third-order valence-electron chi connectivity index (χ3n) is 3.30. The van der Waals surface area contributed by atoms with Crippen LogP contribution in [0.1, 0.15) is 43.2 Å². The van der Waals surface area contributed by atoms with E-state index in [1.807, 2.05) is 24.3 Å². The predicted molar refractivity (Wildman–Crippen MR) is 101 cm³/mol. The van der Waals surface area contributed by atoms with Crippen molar-refractivity contribution in [1.29, 1.82) is 0 Å². The molecule has 1 amide bonds. The number of H-pyrrole nitrogens is 1. The first-order chi connectivity index (χ1) is 12.2. The molecule has 0 fully saturated rings. The number of benzene rings is 1. The smallest absolute Gasteiger partial charge is 0.407 e. The summed E-state index contributed by atoms with van der Waals surface area (Å²) < 4.78 is 9.41. The Hall–Kier alpha value is -2.54. The van der Waals surface area contributed by atoms with Crippen molar-refractivity contribution in [2.24, 2.45) is 0 Å². The molecule has 1 heterocycles. The summed E-state index contributed by atoms with van der Waals surface area (Å²) in [5.74, 6) is -0.976. The molecule has 2 rings (SSSR count). The summed E-state index contributed by atoms with van der Waals surface area (Å²) in [6.45, 7) is 5.83. The van der Waals surface area contributed by atoms with Crippen molar-refractivity contribution >= 4 is 23.0 Å². The van der Waals surface area contributed by atoms with Crippen LogP contribution in [-0.2, 0) is 15.9 Å². The van der Waals surface area contributed by atoms with Gasteiger partial charge in [-0.1, -0.05) is 18.2 Å². The lowest BCUT2D eigenvalue weighted by Crippen LogP contribution is -2.33. The van der Waals surface area contributed by atoms with Crippen molar-refractivity contribution in [2.75, 3.05) is 20.8 Å². The normalized spacial score (nSPS) is 10.8. The standard InChI is InChI=1S/C17H22N2O4.C2H6O/c1-17(2,3)23-16(22)18-10-6-8-12-11-7-4-5-9-13(11)19-14(12)15(20)21;1-3-2/h4-5,7,9,19H,6,8,10H2,1-3H3,(H,18,22)(H,20,21);1-2H3. The number of hydrogen-bond acceptors (Lipinski definition) is 4. The van der Waals surface area contributed by atoms with Crippen molar-refractivity contribution in [2.45, 2.75) is 39.2 Å².